The van der Waals surface area contributed by atoms with Gasteiger partial charge in [-0.05, 0) is 50.6 Å². The van der Waals surface area contributed by atoms with Gasteiger partial charge in [0.05, 0.1) is 0 Å². The first-order chi connectivity index (χ1) is 18.7. The maximum atomic E-state index is 8.88. The number of ether oxygens (including phenoxy) is 1. The highest BCUT2D eigenvalue weighted by molar-refractivity contribution is 7.45. The van der Waals surface area contributed by atoms with Gasteiger partial charge in [0.2, 0.25) is 0 Å². The van der Waals surface area contributed by atoms with Crippen molar-refractivity contribution in [2.75, 3.05) is 26.3 Å². The van der Waals surface area contributed by atoms with Crippen molar-refractivity contribution in [3.63, 3.8) is 0 Å². The Morgan fingerprint density at radius 3 is 1.15 bits per heavy atom. The number of phosphoric acid groups is 1. The lowest BCUT2D eigenvalue weighted by atomic mass is 9.99. The average Bonchev–Trinajstić information content (AvgIpc) is 2.90. The summed E-state index contributed by atoms with van der Waals surface area (Å²) in [6.45, 7) is 18.1. The SMILES string of the molecule is CCCCC(CC)COCC(CC)CCCC.CCCCCCCCNCCCCCCCC.O=P(O)(O)O. The van der Waals surface area contributed by atoms with Crippen molar-refractivity contribution >= 4 is 7.82 Å². The van der Waals surface area contributed by atoms with Gasteiger partial charge in [0, 0.05) is 13.2 Å². The zero-order valence-electron chi connectivity index (χ0n) is 27.2. The van der Waals surface area contributed by atoms with Crippen molar-refractivity contribution in [1.82, 2.24) is 5.32 Å². The first-order valence-corrected chi connectivity index (χ1v) is 18.3. The summed E-state index contributed by atoms with van der Waals surface area (Å²) >= 11 is 0. The number of unbranched alkanes of at least 4 members (excludes halogenated alkanes) is 12. The third-order valence-corrected chi connectivity index (χ3v) is 7.21. The van der Waals surface area contributed by atoms with Crippen LogP contribution in [0.5, 0.6) is 0 Å². The highest BCUT2D eigenvalue weighted by Crippen LogP contribution is 2.25. The zero-order chi connectivity index (χ0) is 30.0. The predicted molar refractivity (Wildman–Crippen MR) is 171 cm³/mol. The van der Waals surface area contributed by atoms with Crippen LogP contribution in [-0.4, -0.2) is 41.0 Å². The third kappa shape index (κ3) is 48.1. The minimum absolute atomic E-state index is 0.790. The molecule has 0 aromatic heterocycles. The van der Waals surface area contributed by atoms with Crippen LogP contribution < -0.4 is 5.32 Å². The standard InChI is InChI=1S/C16H35N.C16H34O.H3O4P/c1-3-5-7-9-11-13-15-17-16-14-12-10-8-6-4-2;1-5-9-11-15(7-3)13-17-14-16(8-4)12-10-6-2;1-5(2,3)4/h17H,3-16H2,1-2H3;15-16H,5-14H2,1-4H3;(H3,1,2,3,4). The van der Waals surface area contributed by atoms with Crippen molar-refractivity contribution in [3.8, 4) is 0 Å². The molecule has 0 rings (SSSR count). The second-order valence-corrected chi connectivity index (χ2v) is 12.2. The topological polar surface area (TPSA) is 99.0 Å². The molecular formula is C32H72NO5P. The van der Waals surface area contributed by atoms with E-state index >= 15 is 0 Å². The summed E-state index contributed by atoms with van der Waals surface area (Å²) in [7, 11) is -4.64. The van der Waals surface area contributed by atoms with Crippen LogP contribution in [0.3, 0.4) is 0 Å². The third-order valence-electron chi connectivity index (χ3n) is 7.21. The second-order valence-electron chi connectivity index (χ2n) is 11.2. The van der Waals surface area contributed by atoms with Gasteiger partial charge >= 0.3 is 7.82 Å². The van der Waals surface area contributed by atoms with Crippen LogP contribution in [0.25, 0.3) is 0 Å². The molecule has 0 saturated carbocycles. The number of hydrogen-bond donors (Lipinski definition) is 4. The Kier molecular flexibility index (Phi) is 40.2. The summed E-state index contributed by atoms with van der Waals surface area (Å²) in [5.41, 5.74) is 0. The van der Waals surface area contributed by atoms with Crippen LogP contribution in [0.2, 0.25) is 0 Å². The summed E-state index contributed by atoms with van der Waals surface area (Å²) in [5.74, 6) is 1.58. The van der Waals surface area contributed by atoms with Crippen molar-refractivity contribution < 1.29 is 24.0 Å². The molecule has 0 aliphatic rings. The summed E-state index contributed by atoms with van der Waals surface area (Å²) < 4.78 is 14.8. The van der Waals surface area contributed by atoms with Crippen molar-refractivity contribution in [1.29, 1.82) is 0 Å². The molecule has 0 aromatic rings. The zero-order valence-corrected chi connectivity index (χ0v) is 28.1. The van der Waals surface area contributed by atoms with Crippen molar-refractivity contribution in [2.24, 2.45) is 11.8 Å². The largest absolute Gasteiger partial charge is 0.466 e. The van der Waals surface area contributed by atoms with Gasteiger partial charge < -0.3 is 24.7 Å². The van der Waals surface area contributed by atoms with E-state index in [0.29, 0.717) is 0 Å². The van der Waals surface area contributed by atoms with E-state index in [1.165, 1.54) is 142 Å². The number of hydrogen-bond acceptors (Lipinski definition) is 3. The average molecular weight is 582 g/mol. The van der Waals surface area contributed by atoms with Crippen LogP contribution in [0.1, 0.15) is 170 Å². The molecule has 0 spiro atoms. The molecule has 4 N–H and O–H groups in total. The Bertz CT molecular complexity index is 437. The molecule has 0 bridgehead atoms. The predicted octanol–water partition coefficient (Wildman–Crippen LogP) is 9.80. The fourth-order valence-electron chi connectivity index (χ4n) is 4.38. The lowest BCUT2D eigenvalue weighted by molar-refractivity contribution is 0.0630. The van der Waals surface area contributed by atoms with Gasteiger partial charge in [0.15, 0.2) is 0 Å². The summed E-state index contributed by atoms with van der Waals surface area (Å²) in [4.78, 5) is 21.6. The van der Waals surface area contributed by atoms with E-state index < -0.39 is 7.82 Å². The Morgan fingerprint density at radius 2 is 0.846 bits per heavy atom. The lowest BCUT2D eigenvalue weighted by Crippen LogP contribution is -2.16. The van der Waals surface area contributed by atoms with Gasteiger partial charge in [-0.2, -0.15) is 0 Å². The molecule has 2 atom stereocenters. The molecule has 0 aliphatic heterocycles. The van der Waals surface area contributed by atoms with Crippen LogP contribution in [-0.2, 0) is 9.30 Å². The van der Waals surface area contributed by atoms with Gasteiger partial charge in [0.25, 0.3) is 0 Å². The first-order valence-electron chi connectivity index (χ1n) is 16.8. The van der Waals surface area contributed by atoms with Crippen LogP contribution in [0.4, 0.5) is 0 Å². The van der Waals surface area contributed by atoms with E-state index in [0.717, 1.165) is 25.0 Å². The smallest absolute Gasteiger partial charge is 0.381 e. The molecule has 0 heterocycles. The molecule has 2 unspecified atom stereocenters. The maximum absolute atomic E-state index is 8.88. The molecule has 240 valence electrons. The molecule has 0 aliphatic carbocycles. The quantitative estimate of drug-likeness (QED) is 0.0599. The normalized spacial score (nSPS) is 12.7. The van der Waals surface area contributed by atoms with Gasteiger partial charge in [-0.1, -0.05) is 144 Å². The molecular weight excluding hydrogens is 509 g/mol. The van der Waals surface area contributed by atoms with Crippen LogP contribution in [0, 0.1) is 11.8 Å². The maximum Gasteiger partial charge on any atom is 0.466 e. The van der Waals surface area contributed by atoms with Crippen molar-refractivity contribution in [2.45, 2.75) is 170 Å². The van der Waals surface area contributed by atoms with E-state index in [1.807, 2.05) is 0 Å². The molecule has 39 heavy (non-hydrogen) atoms. The van der Waals surface area contributed by atoms with Crippen LogP contribution in [0.15, 0.2) is 0 Å². The summed E-state index contributed by atoms with van der Waals surface area (Å²) in [6.07, 6.45) is 27.5. The Hall–Kier alpha value is 0.0300. The van der Waals surface area contributed by atoms with Gasteiger partial charge in [-0.25, -0.2) is 4.57 Å². The monoisotopic (exact) mass is 582 g/mol. The molecule has 0 aromatic carbocycles. The number of rotatable bonds is 26. The highest BCUT2D eigenvalue weighted by atomic mass is 31.2. The van der Waals surface area contributed by atoms with Crippen molar-refractivity contribution in [3.05, 3.63) is 0 Å². The van der Waals surface area contributed by atoms with E-state index in [2.05, 4.69) is 46.9 Å². The molecule has 7 heteroatoms. The van der Waals surface area contributed by atoms with E-state index in [4.69, 9.17) is 24.0 Å². The Balaban J connectivity index is -0.000000566. The molecule has 0 amide bonds. The molecule has 6 nitrogen and oxygen atoms in total. The van der Waals surface area contributed by atoms with Crippen LogP contribution >= 0.6 is 7.82 Å². The fourth-order valence-corrected chi connectivity index (χ4v) is 4.38. The van der Waals surface area contributed by atoms with Gasteiger partial charge in [-0.15, -0.1) is 0 Å². The van der Waals surface area contributed by atoms with E-state index in [9.17, 15) is 0 Å². The Morgan fingerprint density at radius 1 is 0.538 bits per heavy atom. The minimum Gasteiger partial charge on any atom is -0.381 e. The number of nitrogens with one attached hydrogen (secondary N) is 1. The fraction of sp³-hybridized carbons (Fsp3) is 1.00. The van der Waals surface area contributed by atoms with E-state index in [1.54, 1.807) is 0 Å². The van der Waals surface area contributed by atoms with E-state index in [-0.39, 0.29) is 0 Å². The highest BCUT2D eigenvalue weighted by Gasteiger charge is 2.09. The molecule has 0 fully saturated rings. The van der Waals surface area contributed by atoms with Gasteiger partial charge in [-0.3, -0.25) is 0 Å². The first kappa shape index (κ1) is 43.5. The lowest BCUT2D eigenvalue weighted by Gasteiger charge is -2.18. The summed E-state index contributed by atoms with van der Waals surface area (Å²) in [6, 6.07) is 0. The minimum atomic E-state index is -4.64. The molecule has 0 saturated heterocycles. The second kappa shape index (κ2) is 36.1. The Labute approximate surface area is 245 Å². The molecule has 0 radical (unpaired) electrons. The van der Waals surface area contributed by atoms with Gasteiger partial charge in [0.1, 0.15) is 0 Å². The summed E-state index contributed by atoms with van der Waals surface area (Å²) in [5, 5.41) is 3.57.